The van der Waals surface area contributed by atoms with Crippen LogP contribution in [0.5, 0.6) is 0 Å². The highest BCUT2D eigenvalue weighted by Gasteiger charge is 2.06. The van der Waals surface area contributed by atoms with E-state index in [-0.39, 0.29) is 0 Å². The predicted octanol–water partition coefficient (Wildman–Crippen LogP) is 1.81. The van der Waals surface area contributed by atoms with E-state index in [1.165, 1.54) is 5.56 Å². The molecule has 5 heteroatoms. The van der Waals surface area contributed by atoms with Gasteiger partial charge in [-0.25, -0.2) is 4.98 Å². The predicted molar refractivity (Wildman–Crippen MR) is 75.9 cm³/mol. The smallest absolute Gasteiger partial charge is 0.137 e. The number of aromatic amines is 1. The van der Waals surface area contributed by atoms with Crippen LogP contribution in [-0.2, 0) is 17.3 Å². The second-order valence-corrected chi connectivity index (χ2v) is 6.12. The molecule has 18 heavy (non-hydrogen) atoms. The molecule has 0 fully saturated rings. The van der Waals surface area contributed by atoms with Gasteiger partial charge in [-0.15, -0.1) is 0 Å². The number of hydrogen-bond donors (Lipinski definition) is 2. The summed E-state index contributed by atoms with van der Waals surface area (Å²) in [7, 11) is -0.705. The van der Waals surface area contributed by atoms with Gasteiger partial charge in [0.1, 0.15) is 5.65 Å². The molecule has 0 aromatic carbocycles. The molecule has 0 aliphatic carbocycles. The first-order chi connectivity index (χ1) is 8.66. The number of aromatic nitrogens is 2. The molecular weight excluding hydrogens is 246 g/mol. The van der Waals surface area contributed by atoms with Crippen molar-refractivity contribution in [2.24, 2.45) is 0 Å². The van der Waals surface area contributed by atoms with Gasteiger partial charge in [0, 0.05) is 53.2 Å². The standard InChI is InChI=1S/C13H19N3OS/c1-10(5-7-18(2)17)15-8-11-9-16-13-12(11)4-3-6-14-13/h3-4,6,9-10,15H,5,7-8H2,1-2H3,(H,14,16). The quantitative estimate of drug-likeness (QED) is 0.837. The molecule has 0 aliphatic heterocycles. The molecule has 2 atom stereocenters. The minimum Gasteiger partial charge on any atom is -0.346 e. The molecule has 0 radical (unpaired) electrons. The summed E-state index contributed by atoms with van der Waals surface area (Å²) in [5.74, 6) is 0.754. The Kier molecular flexibility index (Phi) is 4.49. The van der Waals surface area contributed by atoms with Gasteiger partial charge in [-0.2, -0.15) is 0 Å². The summed E-state index contributed by atoms with van der Waals surface area (Å²) in [6.07, 6.45) is 6.46. The Morgan fingerprint density at radius 2 is 2.39 bits per heavy atom. The molecular formula is C13H19N3OS. The summed E-state index contributed by atoms with van der Waals surface area (Å²) in [4.78, 5) is 7.43. The highest BCUT2D eigenvalue weighted by Crippen LogP contribution is 2.15. The molecule has 0 saturated carbocycles. The van der Waals surface area contributed by atoms with Crippen molar-refractivity contribution in [3.63, 3.8) is 0 Å². The Morgan fingerprint density at radius 1 is 1.56 bits per heavy atom. The monoisotopic (exact) mass is 265 g/mol. The Balaban J connectivity index is 1.92. The van der Waals surface area contributed by atoms with Crippen LogP contribution in [0.3, 0.4) is 0 Å². The van der Waals surface area contributed by atoms with Gasteiger partial charge in [0.2, 0.25) is 0 Å². The Labute approximate surface area is 110 Å². The van der Waals surface area contributed by atoms with Gasteiger partial charge in [-0.1, -0.05) is 0 Å². The van der Waals surface area contributed by atoms with E-state index in [2.05, 4.69) is 28.3 Å². The van der Waals surface area contributed by atoms with E-state index in [1.54, 1.807) is 12.5 Å². The van der Waals surface area contributed by atoms with Crippen molar-refractivity contribution < 1.29 is 4.21 Å². The number of fused-ring (bicyclic) bond motifs is 1. The molecule has 0 saturated heterocycles. The molecule has 98 valence electrons. The molecule has 2 rings (SSSR count). The van der Waals surface area contributed by atoms with E-state index in [0.29, 0.717) is 6.04 Å². The van der Waals surface area contributed by atoms with E-state index in [0.717, 1.165) is 29.8 Å². The second-order valence-electron chi connectivity index (χ2n) is 4.56. The van der Waals surface area contributed by atoms with Crippen LogP contribution in [0.2, 0.25) is 0 Å². The van der Waals surface area contributed by atoms with Crippen molar-refractivity contribution in [3.8, 4) is 0 Å². The molecule has 2 unspecified atom stereocenters. The largest absolute Gasteiger partial charge is 0.346 e. The van der Waals surface area contributed by atoms with Crippen LogP contribution >= 0.6 is 0 Å². The van der Waals surface area contributed by atoms with E-state index in [1.807, 2.05) is 12.3 Å². The van der Waals surface area contributed by atoms with Crippen LogP contribution in [0, 0.1) is 0 Å². The van der Waals surface area contributed by atoms with Crippen LogP contribution in [0.25, 0.3) is 11.0 Å². The van der Waals surface area contributed by atoms with Crippen LogP contribution in [0.4, 0.5) is 0 Å². The topological polar surface area (TPSA) is 57.8 Å². The van der Waals surface area contributed by atoms with Crippen molar-refractivity contribution in [3.05, 3.63) is 30.1 Å². The molecule has 2 aromatic rings. The lowest BCUT2D eigenvalue weighted by atomic mass is 10.2. The molecule has 0 amide bonds. The third kappa shape index (κ3) is 3.40. The van der Waals surface area contributed by atoms with Crippen molar-refractivity contribution in [2.75, 3.05) is 12.0 Å². The summed E-state index contributed by atoms with van der Waals surface area (Å²) < 4.78 is 11.0. The third-order valence-corrected chi connectivity index (χ3v) is 3.83. The van der Waals surface area contributed by atoms with Gasteiger partial charge in [-0.3, -0.25) is 4.21 Å². The first-order valence-corrected chi connectivity index (χ1v) is 7.84. The maximum atomic E-state index is 11.0. The fourth-order valence-corrected chi connectivity index (χ4v) is 2.57. The molecule has 2 aromatic heterocycles. The fourth-order valence-electron chi connectivity index (χ4n) is 1.89. The van der Waals surface area contributed by atoms with E-state index in [9.17, 15) is 4.21 Å². The summed E-state index contributed by atoms with van der Waals surface area (Å²) in [6.45, 7) is 2.93. The highest BCUT2D eigenvalue weighted by atomic mass is 32.2. The number of H-pyrrole nitrogens is 1. The number of rotatable bonds is 6. The van der Waals surface area contributed by atoms with Crippen LogP contribution < -0.4 is 5.32 Å². The SMILES string of the molecule is CC(CCS(C)=O)NCc1c[nH]c2ncccc12. The summed E-state index contributed by atoms with van der Waals surface area (Å²) in [6, 6.07) is 4.39. The summed E-state index contributed by atoms with van der Waals surface area (Å²) >= 11 is 0. The van der Waals surface area contributed by atoms with Gasteiger partial charge in [0.25, 0.3) is 0 Å². The van der Waals surface area contributed by atoms with Gasteiger partial charge in [0.15, 0.2) is 0 Å². The first kappa shape index (κ1) is 13.2. The maximum Gasteiger partial charge on any atom is 0.137 e. The van der Waals surface area contributed by atoms with Gasteiger partial charge >= 0.3 is 0 Å². The third-order valence-electron chi connectivity index (χ3n) is 3.02. The van der Waals surface area contributed by atoms with Crippen molar-refractivity contribution in [1.82, 2.24) is 15.3 Å². The average Bonchev–Trinajstić information content (AvgIpc) is 2.77. The normalized spacial score (nSPS) is 14.8. The first-order valence-electron chi connectivity index (χ1n) is 6.11. The van der Waals surface area contributed by atoms with Gasteiger partial charge in [0.05, 0.1) is 0 Å². The van der Waals surface area contributed by atoms with E-state index >= 15 is 0 Å². The Morgan fingerprint density at radius 3 is 3.17 bits per heavy atom. The zero-order chi connectivity index (χ0) is 13.0. The van der Waals surface area contributed by atoms with Crippen molar-refractivity contribution in [1.29, 1.82) is 0 Å². The van der Waals surface area contributed by atoms with Crippen LogP contribution in [-0.4, -0.2) is 32.2 Å². The van der Waals surface area contributed by atoms with Crippen LogP contribution in [0.1, 0.15) is 18.9 Å². The van der Waals surface area contributed by atoms with E-state index < -0.39 is 10.8 Å². The molecule has 2 N–H and O–H groups in total. The van der Waals surface area contributed by atoms with E-state index in [4.69, 9.17) is 0 Å². The van der Waals surface area contributed by atoms with Gasteiger partial charge < -0.3 is 10.3 Å². The maximum absolute atomic E-state index is 11.0. The lowest BCUT2D eigenvalue weighted by Gasteiger charge is -2.12. The molecule has 0 aliphatic rings. The molecule has 4 nitrogen and oxygen atoms in total. The summed E-state index contributed by atoms with van der Waals surface area (Å²) in [5, 5.41) is 4.61. The highest BCUT2D eigenvalue weighted by molar-refractivity contribution is 7.84. The lowest BCUT2D eigenvalue weighted by molar-refractivity contribution is 0.536. The average molecular weight is 265 g/mol. The van der Waals surface area contributed by atoms with Crippen LogP contribution in [0.15, 0.2) is 24.5 Å². The Hall–Kier alpha value is -1.20. The number of hydrogen-bond acceptors (Lipinski definition) is 3. The molecule has 0 bridgehead atoms. The minimum absolute atomic E-state index is 0.371. The summed E-state index contributed by atoms with van der Waals surface area (Å²) in [5.41, 5.74) is 2.15. The van der Waals surface area contributed by atoms with Gasteiger partial charge in [-0.05, 0) is 31.0 Å². The molecule has 2 heterocycles. The fraction of sp³-hybridized carbons (Fsp3) is 0.462. The zero-order valence-electron chi connectivity index (χ0n) is 10.8. The number of nitrogens with zero attached hydrogens (tertiary/aromatic N) is 1. The number of nitrogens with one attached hydrogen (secondary N) is 2. The zero-order valence-corrected chi connectivity index (χ0v) is 11.6. The number of pyridine rings is 1. The lowest BCUT2D eigenvalue weighted by Crippen LogP contribution is -2.26. The second kappa shape index (κ2) is 6.11. The Bertz CT molecular complexity index is 538. The van der Waals surface area contributed by atoms with Crippen molar-refractivity contribution in [2.45, 2.75) is 25.9 Å². The molecule has 0 spiro atoms. The minimum atomic E-state index is -0.705. The van der Waals surface area contributed by atoms with Crippen molar-refractivity contribution >= 4 is 21.8 Å².